The number of halogens is 1. The molecule has 0 bridgehead atoms. The van der Waals surface area contributed by atoms with Crippen LogP contribution >= 0.6 is 11.6 Å². The van der Waals surface area contributed by atoms with Gasteiger partial charge in [-0.2, -0.15) is 10.2 Å². The number of nitrogens with zero attached hydrogens (tertiary/aromatic N) is 3. The van der Waals surface area contributed by atoms with Crippen molar-refractivity contribution in [2.45, 2.75) is 5.92 Å². The van der Waals surface area contributed by atoms with Crippen molar-refractivity contribution in [1.29, 1.82) is 5.26 Å². The van der Waals surface area contributed by atoms with Gasteiger partial charge in [0.25, 0.3) is 5.56 Å². The fraction of sp³-hybridized carbons (Fsp3) is 0.188. The number of allylic oxidation sites excluding steroid dienone is 1. The molecule has 0 fully saturated rings. The van der Waals surface area contributed by atoms with Gasteiger partial charge in [-0.25, -0.2) is 0 Å². The molecule has 1 aliphatic rings. The molecule has 0 amide bonds. The lowest BCUT2D eigenvalue weighted by Gasteiger charge is -2.27. The van der Waals surface area contributed by atoms with Crippen LogP contribution in [0.1, 0.15) is 17.0 Å². The molecule has 1 aliphatic heterocycles. The second kappa shape index (κ2) is 5.91. The Morgan fingerprint density at radius 1 is 1.42 bits per heavy atom. The molecule has 3 N–H and O–H groups in total. The maximum absolute atomic E-state index is 12.8. The fourth-order valence-electron chi connectivity index (χ4n) is 2.75. The highest BCUT2D eigenvalue weighted by molar-refractivity contribution is 6.30. The van der Waals surface area contributed by atoms with Gasteiger partial charge < -0.3 is 15.8 Å². The van der Waals surface area contributed by atoms with Crippen molar-refractivity contribution in [3.63, 3.8) is 0 Å². The lowest BCUT2D eigenvalue weighted by atomic mass is 9.84. The molecule has 0 spiro atoms. The number of nitriles is 1. The van der Waals surface area contributed by atoms with Crippen LogP contribution < -0.4 is 21.3 Å². The molecule has 1 unspecified atom stereocenters. The lowest BCUT2D eigenvalue weighted by Crippen LogP contribution is -2.33. The number of fused-ring (bicyclic) bond motifs is 1. The Kier molecular flexibility index (Phi) is 3.91. The number of hydrogen-bond acceptors (Lipinski definition) is 6. The summed E-state index contributed by atoms with van der Waals surface area (Å²) in [5.74, 6) is -0.181. The highest BCUT2D eigenvalue weighted by atomic mass is 35.5. The Bertz CT molecular complexity index is 941. The van der Waals surface area contributed by atoms with Crippen molar-refractivity contribution in [2.24, 2.45) is 12.8 Å². The predicted molar refractivity (Wildman–Crippen MR) is 89.8 cm³/mol. The summed E-state index contributed by atoms with van der Waals surface area (Å²) in [6.45, 7) is 0. The second-order valence-corrected chi connectivity index (χ2v) is 5.71. The molecular formula is C16H14ClN5O2. The van der Waals surface area contributed by atoms with E-state index in [4.69, 9.17) is 22.1 Å². The molecule has 0 saturated heterocycles. The van der Waals surface area contributed by atoms with Gasteiger partial charge in [-0.3, -0.25) is 9.36 Å². The number of nitrogens with one attached hydrogen (secondary N) is 1. The number of anilines is 1. The zero-order chi connectivity index (χ0) is 17.4. The van der Waals surface area contributed by atoms with E-state index in [-0.39, 0.29) is 28.8 Å². The molecule has 3 rings (SSSR count). The van der Waals surface area contributed by atoms with Crippen LogP contribution in [0.4, 0.5) is 5.82 Å². The summed E-state index contributed by atoms with van der Waals surface area (Å²) in [6.07, 6.45) is 0. The zero-order valence-electron chi connectivity index (χ0n) is 13.0. The Labute approximate surface area is 142 Å². The first-order valence-electron chi connectivity index (χ1n) is 7.05. The SMILES string of the molecule is COc1nc2c(c(=O)n1C)C(c1ccc(Cl)cc1)C(C#N)=C(N)N2. The van der Waals surface area contributed by atoms with Gasteiger partial charge in [0.2, 0.25) is 0 Å². The van der Waals surface area contributed by atoms with E-state index in [9.17, 15) is 10.1 Å². The summed E-state index contributed by atoms with van der Waals surface area (Å²) in [5, 5.41) is 12.9. The van der Waals surface area contributed by atoms with E-state index in [1.165, 1.54) is 11.7 Å². The van der Waals surface area contributed by atoms with Crippen LogP contribution in [0.5, 0.6) is 6.01 Å². The van der Waals surface area contributed by atoms with E-state index in [1.807, 2.05) is 0 Å². The van der Waals surface area contributed by atoms with E-state index in [1.54, 1.807) is 31.3 Å². The third-order valence-electron chi connectivity index (χ3n) is 3.91. The molecular weight excluding hydrogens is 330 g/mol. The summed E-state index contributed by atoms with van der Waals surface area (Å²) in [5.41, 5.74) is 6.98. The van der Waals surface area contributed by atoms with Crippen LogP contribution in [0.15, 0.2) is 40.5 Å². The maximum Gasteiger partial charge on any atom is 0.300 e. The van der Waals surface area contributed by atoms with Crippen LogP contribution in [0, 0.1) is 11.3 Å². The highest BCUT2D eigenvalue weighted by Crippen LogP contribution is 2.38. The Hall–Kier alpha value is -2.98. The number of aromatic nitrogens is 2. The standard InChI is InChI=1S/C16H14ClN5O2/c1-22-15(23)12-11(8-3-5-9(17)6-4-8)10(7-18)13(19)20-14(12)21-16(22)24-2/h3-6,11,20H,19H2,1-2H3. The number of benzene rings is 1. The van der Waals surface area contributed by atoms with E-state index < -0.39 is 5.92 Å². The molecule has 2 heterocycles. The van der Waals surface area contributed by atoms with Crippen LogP contribution in [0.25, 0.3) is 0 Å². The number of hydrogen-bond donors (Lipinski definition) is 2. The van der Waals surface area contributed by atoms with Gasteiger partial charge in [-0.1, -0.05) is 23.7 Å². The molecule has 1 atom stereocenters. The monoisotopic (exact) mass is 343 g/mol. The van der Waals surface area contributed by atoms with Gasteiger partial charge in [-0.05, 0) is 17.7 Å². The normalized spacial score (nSPS) is 16.2. The van der Waals surface area contributed by atoms with Crippen LogP contribution in [0.3, 0.4) is 0 Å². The van der Waals surface area contributed by atoms with Crippen molar-refractivity contribution in [1.82, 2.24) is 9.55 Å². The maximum atomic E-state index is 12.8. The molecule has 1 aromatic heterocycles. The third-order valence-corrected chi connectivity index (χ3v) is 4.16. The Balaban J connectivity index is 2.32. The molecule has 2 aromatic rings. The summed E-state index contributed by atoms with van der Waals surface area (Å²) >= 11 is 5.94. The minimum absolute atomic E-state index is 0.148. The molecule has 1 aromatic carbocycles. The molecule has 122 valence electrons. The smallest absolute Gasteiger partial charge is 0.300 e. The largest absolute Gasteiger partial charge is 0.468 e. The average molecular weight is 344 g/mol. The van der Waals surface area contributed by atoms with E-state index >= 15 is 0 Å². The van der Waals surface area contributed by atoms with Gasteiger partial charge in [0.15, 0.2) is 0 Å². The first kappa shape index (κ1) is 15.9. The molecule has 7 nitrogen and oxygen atoms in total. The first-order valence-corrected chi connectivity index (χ1v) is 7.42. The van der Waals surface area contributed by atoms with Gasteiger partial charge in [0.05, 0.1) is 30.2 Å². The molecule has 0 saturated carbocycles. The topological polar surface area (TPSA) is 106 Å². The number of rotatable bonds is 2. The van der Waals surface area contributed by atoms with Crippen molar-refractivity contribution in [2.75, 3.05) is 12.4 Å². The van der Waals surface area contributed by atoms with Gasteiger partial charge >= 0.3 is 6.01 Å². The van der Waals surface area contributed by atoms with Gasteiger partial charge in [0.1, 0.15) is 11.6 Å². The van der Waals surface area contributed by atoms with Gasteiger partial charge in [0, 0.05) is 12.1 Å². The second-order valence-electron chi connectivity index (χ2n) is 5.27. The Morgan fingerprint density at radius 3 is 2.67 bits per heavy atom. The molecule has 0 radical (unpaired) electrons. The van der Waals surface area contributed by atoms with E-state index in [0.29, 0.717) is 10.6 Å². The first-order chi connectivity index (χ1) is 11.5. The Morgan fingerprint density at radius 2 is 2.08 bits per heavy atom. The van der Waals surface area contributed by atoms with E-state index in [2.05, 4.69) is 16.4 Å². The summed E-state index contributed by atoms with van der Waals surface area (Å²) in [7, 11) is 2.98. The minimum Gasteiger partial charge on any atom is -0.468 e. The predicted octanol–water partition coefficient (Wildman–Crippen LogP) is 1.69. The average Bonchev–Trinajstić information content (AvgIpc) is 2.57. The summed E-state index contributed by atoms with van der Waals surface area (Å²) < 4.78 is 6.40. The minimum atomic E-state index is -0.624. The summed E-state index contributed by atoms with van der Waals surface area (Å²) in [6, 6.07) is 9.15. The van der Waals surface area contributed by atoms with Crippen molar-refractivity contribution in [3.05, 3.63) is 62.2 Å². The highest BCUT2D eigenvalue weighted by Gasteiger charge is 2.33. The van der Waals surface area contributed by atoms with E-state index in [0.717, 1.165) is 5.56 Å². The molecule has 0 aliphatic carbocycles. The number of nitrogens with two attached hydrogens (primary N) is 1. The number of ether oxygens (including phenoxy) is 1. The number of methoxy groups -OCH3 is 1. The van der Waals surface area contributed by atoms with Crippen LogP contribution in [0.2, 0.25) is 5.02 Å². The van der Waals surface area contributed by atoms with Crippen molar-refractivity contribution in [3.8, 4) is 12.1 Å². The summed E-state index contributed by atoms with van der Waals surface area (Å²) in [4.78, 5) is 17.1. The van der Waals surface area contributed by atoms with Crippen LogP contribution in [-0.4, -0.2) is 16.7 Å². The van der Waals surface area contributed by atoms with Crippen molar-refractivity contribution < 1.29 is 4.74 Å². The fourth-order valence-corrected chi connectivity index (χ4v) is 2.87. The zero-order valence-corrected chi connectivity index (χ0v) is 13.8. The van der Waals surface area contributed by atoms with Crippen LogP contribution in [-0.2, 0) is 7.05 Å². The lowest BCUT2D eigenvalue weighted by molar-refractivity contribution is 0.356. The molecule has 8 heteroatoms. The van der Waals surface area contributed by atoms with Crippen molar-refractivity contribution >= 4 is 17.4 Å². The van der Waals surface area contributed by atoms with Gasteiger partial charge in [-0.15, -0.1) is 0 Å². The molecule has 24 heavy (non-hydrogen) atoms. The quantitative estimate of drug-likeness (QED) is 0.859. The third kappa shape index (κ3) is 2.37.